The van der Waals surface area contributed by atoms with Gasteiger partial charge in [-0.05, 0) is 32.6 Å². The standard InChI is InChI=1S/C12H17BrN2O2/c1-9-8-11(14-17-9)12(16)15-7-3-2-4-10(15)5-6-13/h8,10H,2-7H2,1H3. The Hall–Kier alpha value is -0.840. The van der Waals surface area contributed by atoms with E-state index in [1.807, 2.05) is 4.90 Å². The first kappa shape index (κ1) is 12.6. The van der Waals surface area contributed by atoms with Crippen molar-refractivity contribution in [1.82, 2.24) is 10.1 Å². The van der Waals surface area contributed by atoms with E-state index in [1.165, 1.54) is 6.42 Å². The molecule has 1 amide bonds. The molecule has 0 bridgehead atoms. The molecule has 1 aliphatic heterocycles. The molecule has 0 spiro atoms. The van der Waals surface area contributed by atoms with Gasteiger partial charge in [0.1, 0.15) is 5.76 Å². The van der Waals surface area contributed by atoms with Crippen LogP contribution in [0.25, 0.3) is 0 Å². The summed E-state index contributed by atoms with van der Waals surface area (Å²) in [4.78, 5) is 14.2. The Balaban J connectivity index is 2.10. The number of carbonyl (C=O) groups excluding carboxylic acids is 1. The number of hydrogen-bond acceptors (Lipinski definition) is 3. The van der Waals surface area contributed by atoms with Crippen molar-refractivity contribution in [2.45, 2.75) is 38.6 Å². The van der Waals surface area contributed by atoms with Gasteiger partial charge in [-0.25, -0.2) is 0 Å². The smallest absolute Gasteiger partial charge is 0.276 e. The number of rotatable bonds is 3. The molecule has 1 aromatic rings. The molecule has 1 aliphatic rings. The average Bonchev–Trinajstić information content (AvgIpc) is 2.76. The van der Waals surface area contributed by atoms with Crippen molar-refractivity contribution >= 4 is 21.8 Å². The van der Waals surface area contributed by atoms with Crippen molar-refractivity contribution in [3.8, 4) is 0 Å². The number of piperidine rings is 1. The van der Waals surface area contributed by atoms with Crippen LogP contribution in [0.2, 0.25) is 0 Å². The van der Waals surface area contributed by atoms with Gasteiger partial charge in [-0.1, -0.05) is 21.1 Å². The largest absolute Gasteiger partial charge is 0.361 e. The highest BCUT2D eigenvalue weighted by Gasteiger charge is 2.28. The van der Waals surface area contributed by atoms with Gasteiger partial charge < -0.3 is 9.42 Å². The van der Waals surface area contributed by atoms with Gasteiger partial charge in [0.15, 0.2) is 5.69 Å². The first-order chi connectivity index (χ1) is 8.22. The van der Waals surface area contributed by atoms with Crippen LogP contribution in [0.3, 0.4) is 0 Å². The molecule has 0 aliphatic carbocycles. The van der Waals surface area contributed by atoms with Gasteiger partial charge in [0.05, 0.1) is 0 Å². The van der Waals surface area contributed by atoms with Gasteiger partial charge in [0, 0.05) is 24.0 Å². The van der Waals surface area contributed by atoms with Crippen LogP contribution in [-0.2, 0) is 0 Å². The highest BCUT2D eigenvalue weighted by atomic mass is 79.9. The second-order valence-corrected chi connectivity index (χ2v) is 5.24. The molecule has 0 saturated carbocycles. The second kappa shape index (κ2) is 5.67. The third-order valence-corrected chi connectivity index (χ3v) is 3.64. The monoisotopic (exact) mass is 300 g/mol. The molecule has 17 heavy (non-hydrogen) atoms. The Morgan fingerprint density at radius 1 is 1.65 bits per heavy atom. The van der Waals surface area contributed by atoms with Crippen LogP contribution in [-0.4, -0.2) is 33.9 Å². The number of hydrogen-bond donors (Lipinski definition) is 0. The fourth-order valence-corrected chi connectivity index (χ4v) is 2.84. The number of alkyl halides is 1. The summed E-state index contributed by atoms with van der Waals surface area (Å²) in [6.07, 6.45) is 4.39. The average molecular weight is 301 g/mol. The van der Waals surface area contributed by atoms with Crippen molar-refractivity contribution in [2.75, 3.05) is 11.9 Å². The number of nitrogens with zero attached hydrogens (tertiary/aromatic N) is 2. The second-order valence-electron chi connectivity index (χ2n) is 4.45. The van der Waals surface area contributed by atoms with E-state index in [-0.39, 0.29) is 5.91 Å². The van der Waals surface area contributed by atoms with Crippen molar-refractivity contribution in [1.29, 1.82) is 0 Å². The zero-order valence-corrected chi connectivity index (χ0v) is 11.6. The number of carbonyl (C=O) groups is 1. The summed E-state index contributed by atoms with van der Waals surface area (Å²) in [5.41, 5.74) is 0.434. The molecule has 2 heterocycles. The molecule has 0 radical (unpaired) electrons. The molecule has 1 atom stereocenters. The van der Waals surface area contributed by atoms with E-state index in [9.17, 15) is 4.79 Å². The van der Waals surface area contributed by atoms with Crippen LogP contribution in [0.5, 0.6) is 0 Å². The Morgan fingerprint density at radius 3 is 3.12 bits per heavy atom. The molecule has 5 heteroatoms. The van der Waals surface area contributed by atoms with E-state index in [0.717, 1.165) is 31.1 Å². The fourth-order valence-electron chi connectivity index (χ4n) is 2.31. The van der Waals surface area contributed by atoms with Crippen molar-refractivity contribution in [3.63, 3.8) is 0 Å². The van der Waals surface area contributed by atoms with Crippen molar-refractivity contribution < 1.29 is 9.32 Å². The molecule has 1 saturated heterocycles. The topological polar surface area (TPSA) is 46.3 Å². The molecule has 94 valence electrons. The highest BCUT2D eigenvalue weighted by molar-refractivity contribution is 9.09. The van der Waals surface area contributed by atoms with Gasteiger partial charge in [0.25, 0.3) is 5.91 Å². The number of aryl methyl sites for hydroxylation is 1. The maximum Gasteiger partial charge on any atom is 0.276 e. The summed E-state index contributed by atoms with van der Waals surface area (Å²) in [5.74, 6) is 0.690. The van der Waals surface area contributed by atoms with Crippen LogP contribution >= 0.6 is 15.9 Å². The van der Waals surface area contributed by atoms with Crippen LogP contribution in [0.4, 0.5) is 0 Å². The van der Waals surface area contributed by atoms with Crippen LogP contribution < -0.4 is 0 Å². The molecule has 1 fully saturated rings. The number of likely N-dealkylation sites (tertiary alicyclic amines) is 1. The molecule has 4 nitrogen and oxygen atoms in total. The van der Waals surface area contributed by atoms with Gasteiger partial charge >= 0.3 is 0 Å². The lowest BCUT2D eigenvalue weighted by Crippen LogP contribution is -2.44. The third-order valence-electron chi connectivity index (χ3n) is 3.18. The first-order valence-electron chi connectivity index (χ1n) is 6.02. The van der Waals surface area contributed by atoms with E-state index in [1.54, 1.807) is 13.0 Å². The predicted molar refractivity (Wildman–Crippen MR) is 68.3 cm³/mol. The molecule has 1 unspecified atom stereocenters. The minimum Gasteiger partial charge on any atom is -0.361 e. The Bertz CT molecular complexity index is 390. The van der Waals surface area contributed by atoms with E-state index >= 15 is 0 Å². The quantitative estimate of drug-likeness (QED) is 0.807. The van der Waals surface area contributed by atoms with Crippen LogP contribution in [0.15, 0.2) is 10.6 Å². The number of aromatic nitrogens is 1. The summed E-state index contributed by atoms with van der Waals surface area (Å²) in [7, 11) is 0. The molecule has 0 N–H and O–H groups in total. The van der Waals surface area contributed by atoms with Gasteiger partial charge in [-0.2, -0.15) is 0 Å². The minimum absolute atomic E-state index is 0.00694. The lowest BCUT2D eigenvalue weighted by molar-refractivity contribution is 0.0599. The van der Waals surface area contributed by atoms with E-state index in [2.05, 4.69) is 21.1 Å². The molecule has 0 aromatic carbocycles. The fraction of sp³-hybridized carbons (Fsp3) is 0.667. The van der Waals surface area contributed by atoms with E-state index in [4.69, 9.17) is 4.52 Å². The molecule has 2 rings (SSSR count). The Kier molecular flexibility index (Phi) is 4.20. The maximum absolute atomic E-state index is 12.3. The van der Waals surface area contributed by atoms with Crippen LogP contribution in [0.1, 0.15) is 41.9 Å². The zero-order valence-electron chi connectivity index (χ0n) is 9.99. The van der Waals surface area contributed by atoms with Crippen molar-refractivity contribution in [3.05, 3.63) is 17.5 Å². The first-order valence-corrected chi connectivity index (χ1v) is 7.15. The summed E-state index contributed by atoms with van der Waals surface area (Å²) in [5, 5.41) is 4.74. The summed E-state index contributed by atoms with van der Waals surface area (Å²) in [6.45, 7) is 2.64. The third kappa shape index (κ3) is 2.89. The molecular weight excluding hydrogens is 284 g/mol. The molecular formula is C12H17BrN2O2. The van der Waals surface area contributed by atoms with Crippen molar-refractivity contribution in [2.24, 2.45) is 0 Å². The van der Waals surface area contributed by atoms with E-state index in [0.29, 0.717) is 17.5 Å². The van der Waals surface area contributed by atoms with Gasteiger partial charge in [0.2, 0.25) is 0 Å². The Morgan fingerprint density at radius 2 is 2.47 bits per heavy atom. The summed E-state index contributed by atoms with van der Waals surface area (Å²) >= 11 is 3.45. The van der Waals surface area contributed by atoms with Crippen LogP contribution in [0, 0.1) is 6.92 Å². The zero-order chi connectivity index (χ0) is 12.3. The lowest BCUT2D eigenvalue weighted by Gasteiger charge is -2.35. The Labute approximate surface area is 109 Å². The van der Waals surface area contributed by atoms with E-state index < -0.39 is 0 Å². The normalized spacial score (nSPS) is 20.6. The lowest BCUT2D eigenvalue weighted by atomic mass is 9.99. The molecule has 1 aromatic heterocycles. The minimum atomic E-state index is 0.00694. The number of halogens is 1. The SMILES string of the molecule is Cc1cc(C(=O)N2CCCCC2CCBr)no1. The number of amides is 1. The predicted octanol–water partition coefficient (Wildman–Crippen LogP) is 2.76. The van der Waals surface area contributed by atoms with Gasteiger partial charge in [-0.3, -0.25) is 4.79 Å². The summed E-state index contributed by atoms with van der Waals surface area (Å²) in [6, 6.07) is 2.05. The summed E-state index contributed by atoms with van der Waals surface area (Å²) < 4.78 is 4.96. The van der Waals surface area contributed by atoms with Gasteiger partial charge in [-0.15, -0.1) is 0 Å². The maximum atomic E-state index is 12.3. The highest BCUT2D eigenvalue weighted by Crippen LogP contribution is 2.22.